The summed E-state index contributed by atoms with van der Waals surface area (Å²) in [5.74, 6) is -6.01. The fraction of sp³-hybridized carbons (Fsp3) is 0.519. The van der Waals surface area contributed by atoms with Crippen LogP contribution in [0.25, 0.3) is 0 Å². The summed E-state index contributed by atoms with van der Waals surface area (Å²) in [6.07, 6.45) is -3.52. The number of halogens is 7. The highest BCUT2D eigenvalue weighted by Crippen LogP contribution is 2.80. The van der Waals surface area contributed by atoms with E-state index in [2.05, 4.69) is 20.2 Å². The van der Waals surface area contributed by atoms with E-state index in [-0.39, 0.29) is 25.0 Å². The quantitative estimate of drug-likeness (QED) is 0.299. The molecule has 3 aliphatic carbocycles. The first-order valence-electron chi connectivity index (χ1n) is 13.0. The van der Waals surface area contributed by atoms with Crippen LogP contribution in [0.5, 0.6) is 5.75 Å². The van der Waals surface area contributed by atoms with Crippen molar-refractivity contribution in [2.75, 3.05) is 6.61 Å². The van der Waals surface area contributed by atoms with Crippen molar-refractivity contribution in [2.45, 2.75) is 74.4 Å². The van der Waals surface area contributed by atoms with Gasteiger partial charge in [-0.2, -0.15) is 13.2 Å². The zero-order chi connectivity index (χ0) is 30.8. The Kier molecular flexibility index (Phi) is 7.23. The predicted octanol–water partition coefficient (Wildman–Crippen LogP) is 5.60. The van der Waals surface area contributed by atoms with Gasteiger partial charge in [0, 0.05) is 17.0 Å². The second-order valence-electron chi connectivity index (χ2n) is 12.1. The molecule has 42 heavy (non-hydrogen) atoms. The number of alkyl halides is 5. The van der Waals surface area contributed by atoms with Crippen molar-refractivity contribution >= 4 is 11.0 Å². The molecule has 2 bridgehead atoms. The van der Waals surface area contributed by atoms with Crippen molar-refractivity contribution in [3.63, 3.8) is 0 Å². The zero-order valence-electron chi connectivity index (χ0n) is 22.8. The van der Waals surface area contributed by atoms with E-state index in [0.29, 0.717) is 11.6 Å². The van der Waals surface area contributed by atoms with E-state index >= 15 is 13.2 Å². The molecule has 0 spiro atoms. The zero-order valence-corrected chi connectivity index (χ0v) is 23.6. The van der Waals surface area contributed by atoms with Crippen LogP contribution in [0.3, 0.4) is 0 Å². The SMILES string of the molecule is CC(C)(C)S(=O)NC(Cn1cnnn1)(c1ccc(F)cc1F)C(F)(F)C12CC(c3ccc(OCC(F)(F)F)cc3)(C1)C2. The summed E-state index contributed by atoms with van der Waals surface area (Å²) in [5.41, 5.74) is -4.93. The average molecular weight is 620 g/mol. The van der Waals surface area contributed by atoms with Gasteiger partial charge in [0.15, 0.2) is 6.61 Å². The van der Waals surface area contributed by atoms with E-state index in [1.54, 1.807) is 32.9 Å². The van der Waals surface area contributed by atoms with Gasteiger partial charge >= 0.3 is 6.18 Å². The molecule has 0 saturated heterocycles. The van der Waals surface area contributed by atoms with Crippen molar-refractivity contribution in [2.24, 2.45) is 5.41 Å². The summed E-state index contributed by atoms with van der Waals surface area (Å²) < 4.78 is 122. The average Bonchev–Trinajstić information content (AvgIpc) is 3.33. The molecular formula is C27H28F7N5O2S. The first-order valence-corrected chi connectivity index (χ1v) is 14.1. The van der Waals surface area contributed by atoms with Crippen molar-refractivity contribution < 1.29 is 39.7 Å². The summed E-state index contributed by atoms with van der Waals surface area (Å²) in [5, 5.41) is 10.7. The normalized spacial score (nSPS) is 24.3. The topological polar surface area (TPSA) is 81.9 Å². The van der Waals surface area contributed by atoms with Gasteiger partial charge in [0.2, 0.25) is 0 Å². The minimum Gasteiger partial charge on any atom is -0.484 e. The highest BCUT2D eigenvalue weighted by atomic mass is 32.2. The number of rotatable bonds is 10. The van der Waals surface area contributed by atoms with Crippen LogP contribution in [0.15, 0.2) is 48.8 Å². The summed E-state index contributed by atoms with van der Waals surface area (Å²) in [7, 11) is -2.15. The number of aromatic nitrogens is 4. The lowest BCUT2D eigenvalue weighted by Gasteiger charge is -2.74. The van der Waals surface area contributed by atoms with Gasteiger partial charge in [-0.3, -0.25) is 0 Å². The molecule has 0 amide bonds. The third-order valence-electron chi connectivity index (χ3n) is 8.11. The molecule has 228 valence electrons. The van der Waals surface area contributed by atoms with E-state index in [9.17, 15) is 21.8 Å². The van der Waals surface area contributed by atoms with Crippen molar-refractivity contribution in [1.29, 1.82) is 0 Å². The molecule has 0 radical (unpaired) electrons. The van der Waals surface area contributed by atoms with Gasteiger partial charge in [-0.05, 0) is 79.6 Å². The fourth-order valence-corrected chi connectivity index (χ4v) is 7.02. The lowest BCUT2D eigenvalue weighted by molar-refractivity contribution is -0.312. The van der Waals surface area contributed by atoms with E-state index < -0.39 is 74.5 Å². The molecule has 3 fully saturated rings. The number of tetrazole rings is 1. The third-order valence-corrected chi connectivity index (χ3v) is 9.75. The Balaban J connectivity index is 1.51. The Hall–Kier alpha value is -3.07. The van der Waals surface area contributed by atoms with Gasteiger partial charge in [0.25, 0.3) is 5.92 Å². The summed E-state index contributed by atoms with van der Waals surface area (Å²) >= 11 is 0. The molecule has 2 aromatic carbocycles. The maximum atomic E-state index is 17.2. The fourth-order valence-electron chi connectivity index (χ4n) is 6.10. The molecule has 0 aliphatic heterocycles. The molecule has 1 heterocycles. The highest BCUT2D eigenvalue weighted by molar-refractivity contribution is 7.84. The molecule has 1 N–H and O–H groups in total. The van der Waals surface area contributed by atoms with Gasteiger partial charge in [-0.25, -0.2) is 31.2 Å². The van der Waals surface area contributed by atoms with Crippen molar-refractivity contribution in [3.05, 3.63) is 71.6 Å². The summed E-state index contributed by atoms with van der Waals surface area (Å²) in [6.45, 7) is 2.51. The van der Waals surface area contributed by atoms with Crippen LogP contribution in [0.4, 0.5) is 30.7 Å². The molecular weight excluding hydrogens is 591 g/mol. The number of benzene rings is 2. The minimum atomic E-state index is -4.51. The van der Waals surface area contributed by atoms with Crippen LogP contribution in [-0.2, 0) is 28.5 Å². The lowest BCUT2D eigenvalue weighted by atomic mass is 9.30. The maximum Gasteiger partial charge on any atom is 0.422 e. The Morgan fingerprint density at radius 1 is 1.00 bits per heavy atom. The van der Waals surface area contributed by atoms with Gasteiger partial charge in [-0.15, -0.1) is 5.10 Å². The van der Waals surface area contributed by atoms with Crippen molar-refractivity contribution in [3.8, 4) is 5.75 Å². The number of hydrogen-bond acceptors (Lipinski definition) is 5. The predicted molar refractivity (Wildman–Crippen MR) is 138 cm³/mol. The summed E-state index contributed by atoms with van der Waals surface area (Å²) in [6, 6.07) is 8.08. The highest BCUT2D eigenvalue weighted by Gasteiger charge is 2.82. The number of ether oxygens (including phenoxy) is 1. The molecule has 1 aromatic heterocycles. The smallest absolute Gasteiger partial charge is 0.422 e. The van der Waals surface area contributed by atoms with E-state index in [1.165, 1.54) is 12.1 Å². The molecule has 3 saturated carbocycles. The van der Waals surface area contributed by atoms with Gasteiger partial charge in [0.05, 0.1) is 22.3 Å². The number of hydrogen-bond donors (Lipinski definition) is 1. The lowest BCUT2D eigenvalue weighted by Crippen LogP contribution is -2.78. The van der Waals surface area contributed by atoms with Crippen LogP contribution in [0, 0.1) is 17.0 Å². The summed E-state index contributed by atoms with van der Waals surface area (Å²) in [4.78, 5) is 0. The first-order chi connectivity index (χ1) is 19.4. The monoisotopic (exact) mass is 619 g/mol. The van der Waals surface area contributed by atoms with Gasteiger partial charge < -0.3 is 4.74 Å². The van der Waals surface area contributed by atoms with Gasteiger partial charge in [-0.1, -0.05) is 18.2 Å². The Bertz CT molecular complexity index is 1460. The molecule has 7 nitrogen and oxygen atoms in total. The van der Waals surface area contributed by atoms with Crippen LogP contribution in [-0.4, -0.2) is 47.9 Å². The van der Waals surface area contributed by atoms with E-state index in [4.69, 9.17) is 4.74 Å². The second-order valence-corrected chi connectivity index (χ2v) is 14.1. The van der Waals surface area contributed by atoms with Crippen LogP contribution in [0.2, 0.25) is 0 Å². The molecule has 6 rings (SSSR count). The molecule has 15 heteroatoms. The van der Waals surface area contributed by atoms with Crippen LogP contribution < -0.4 is 9.46 Å². The Labute approximate surface area is 239 Å². The van der Waals surface area contributed by atoms with Crippen molar-refractivity contribution in [1.82, 2.24) is 24.9 Å². The molecule has 3 aliphatic rings. The third kappa shape index (κ3) is 5.07. The molecule has 2 unspecified atom stereocenters. The second kappa shape index (κ2) is 10.00. The van der Waals surface area contributed by atoms with Crippen LogP contribution >= 0.6 is 0 Å². The number of nitrogens with zero attached hydrogens (tertiary/aromatic N) is 4. The molecule has 2 atom stereocenters. The van der Waals surface area contributed by atoms with E-state index in [1.807, 2.05) is 0 Å². The molecule has 3 aromatic rings. The Morgan fingerprint density at radius 3 is 2.17 bits per heavy atom. The minimum absolute atomic E-state index is 0.0104. The van der Waals surface area contributed by atoms with Gasteiger partial charge in [0.1, 0.15) is 29.3 Å². The van der Waals surface area contributed by atoms with Crippen LogP contribution in [0.1, 0.15) is 51.2 Å². The maximum absolute atomic E-state index is 17.2. The van der Waals surface area contributed by atoms with E-state index in [0.717, 1.165) is 23.1 Å². The Morgan fingerprint density at radius 2 is 1.64 bits per heavy atom. The standard InChI is InChI=1S/C27H28F7N5O2S/c1-22(2,3)42(40)36-25(14-39-16-35-37-38-39,20-9-6-18(28)10-21(20)29)27(33,34)24-11-23(12-24,13-24)17-4-7-19(8-5-17)41-15-26(30,31)32/h4-10,16,36H,11-15H2,1-3H3. The largest absolute Gasteiger partial charge is 0.484 e. The first kappa shape index (κ1) is 30.4. The number of nitrogens with one attached hydrogen (secondary N) is 1.